The van der Waals surface area contributed by atoms with E-state index in [-0.39, 0.29) is 55.3 Å². The molecule has 1 unspecified atom stereocenters. The van der Waals surface area contributed by atoms with Crippen molar-refractivity contribution >= 4 is 17.8 Å². The number of ether oxygens (including phenoxy) is 1. The van der Waals surface area contributed by atoms with Crippen molar-refractivity contribution in [2.45, 2.75) is 45.2 Å². The molecule has 7 nitrogen and oxygen atoms in total. The molecule has 0 bridgehead atoms. The summed E-state index contributed by atoms with van der Waals surface area (Å²) >= 11 is 0. The molecule has 3 rings (SSSR count). The zero-order valence-electron chi connectivity index (χ0n) is 19.2. The van der Waals surface area contributed by atoms with Crippen LogP contribution in [-0.4, -0.2) is 42.0 Å². The third-order valence-electron chi connectivity index (χ3n) is 5.78. The molecular weight excluding hydrogens is 463 g/mol. The minimum absolute atomic E-state index is 0.0629. The van der Waals surface area contributed by atoms with Crippen molar-refractivity contribution in [3.8, 4) is 6.07 Å². The van der Waals surface area contributed by atoms with Gasteiger partial charge in [-0.3, -0.25) is 14.5 Å². The average Bonchev–Trinajstić information content (AvgIpc) is 2.81. The first kappa shape index (κ1) is 25.7. The number of hydrogen-bond acceptors (Lipinski definition) is 5. The minimum atomic E-state index is -4.52. The van der Waals surface area contributed by atoms with E-state index >= 15 is 0 Å². The van der Waals surface area contributed by atoms with E-state index in [4.69, 9.17) is 10.00 Å². The van der Waals surface area contributed by atoms with Gasteiger partial charge in [0.05, 0.1) is 23.8 Å². The number of esters is 1. The Bertz CT molecular complexity index is 1160. The fourth-order valence-corrected chi connectivity index (χ4v) is 4.14. The molecule has 1 aromatic rings. The molecule has 1 heterocycles. The maximum Gasteiger partial charge on any atom is 0.412 e. The highest BCUT2D eigenvalue weighted by molar-refractivity contribution is 5.96. The maximum absolute atomic E-state index is 13.3. The summed E-state index contributed by atoms with van der Waals surface area (Å²) in [6, 6.07) is 8.38. The predicted molar refractivity (Wildman–Crippen MR) is 119 cm³/mol. The van der Waals surface area contributed by atoms with Crippen LogP contribution >= 0.6 is 0 Å². The largest absolute Gasteiger partial charge is 0.460 e. The summed E-state index contributed by atoms with van der Waals surface area (Å²) in [6.07, 6.45) is -2.31. The lowest BCUT2D eigenvalue weighted by molar-refractivity contribution is -0.140. The van der Waals surface area contributed by atoms with Gasteiger partial charge in [-0.15, -0.1) is 0 Å². The fourth-order valence-electron chi connectivity index (χ4n) is 4.14. The van der Waals surface area contributed by atoms with E-state index in [0.717, 1.165) is 11.0 Å². The molecule has 1 aromatic carbocycles. The fraction of sp³-hybridized carbons (Fsp3) is 0.360. The van der Waals surface area contributed by atoms with Crippen molar-refractivity contribution in [3.05, 3.63) is 70.1 Å². The van der Waals surface area contributed by atoms with Crippen molar-refractivity contribution in [3.63, 3.8) is 0 Å². The van der Waals surface area contributed by atoms with Crippen molar-refractivity contribution in [1.29, 1.82) is 5.26 Å². The number of alkyl halides is 3. The van der Waals surface area contributed by atoms with E-state index in [9.17, 15) is 27.6 Å². The Balaban J connectivity index is 2.01. The van der Waals surface area contributed by atoms with Crippen LogP contribution in [0.2, 0.25) is 0 Å². The Morgan fingerprint density at radius 3 is 2.54 bits per heavy atom. The van der Waals surface area contributed by atoms with E-state index in [0.29, 0.717) is 11.1 Å². The van der Waals surface area contributed by atoms with Crippen molar-refractivity contribution in [1.82, 2.24) is 10.2 Å². The molecule has 1 aliphatic carbocycles. The highest BCUT2D eigenvalue weighted by Gasteiger charge is 2.40. The van der Waals surface area contributed by atoms with Gasteiger partial charge in [0.2, 0.25) is 11.8 Å². The van der Waals surface area contributed by atoms with Gasteiger partial charge < -0.3 is 10.1 Å². The smallest absolute Gasteiger partial charge is 0.412 e. The van der Waals surface area contributed by atoms with Crippen molar-refractivity contribution in [2.24, 2.45) is 0 Å². The van der Waals surface area contributed by atoms with Crippen LogP contribution in [0.3, 0.4) is 0 Å². The number of nitrogens with zero attached hydrogens (tertiary/aromatic N) is 2. The lowest BCUT2D eigenvalue weighted by atomic mass is 9.83. The number of benzene rings is 1. The topological polar surface area (TPSA) is 99.5 Å². The van der Waals surface area contributed by atoms with Crippen molar-refractivity contribution in [2.75, 3.05) is 13.2 Å². The Morgan fingerprint density at radius 2 is 1.94 bits per heavy atom. The summed E-state index contributed by atoms with van der Waals surface area (Å²) in [6.45, 7) is 2.78. The van der Waals surface area contributed by atoms with Gasteiger partial charge in [-0.05, 0) is 43.5 Å². The highest BCUT2D eigenvalue weighted by atomic mass is 19.4. The first-order chi connectivity index (χ1) is 16.5. The number of halogens is 3. The van der Waals surface area contributed by atoms with Gasteiger partial charge in [-0.2, -0.15) is 18.4 Å². The number of amides is 2. The Morgan fingerprint density at radius 1 is 1.26 bits per heavy atom. The van der Waals surface area contributed by atoms with E-state index in [1.807, 2.05) is 6.07 Å². The Hall–Kier alpha value is -3.87. The van der Waals surface area contributed by atoms with Crippen LogP contribution in [0.4, 0.5) is 13.2 Å². The van der Waals surface area contributed by atoms with Gasteiger partial charge in [0.1, 0.15) is 6.61 Å². The van der Waals surface area contributed by atoms with Crippen LogP contribution in [-0.2, 0) is 19.1 Å². The van der Waals surface area contributed by atoms with Crippen molar-refractivity contribution < 1.29 is 32.3 Å². The lowest BCUT2D eigenvalue weighted by Gasteiger charge is -2.36. The van der Waals surface area contributed by atoms with E-state index in [1.54, 1.807) is 30.3 Å². The van der Waals surface area contributed by atoms with E-state index < -0.39 is 29.5 Å². The molecule has 2 aliphatic rings. The molecule has 1 atom stereocenters. The van der Waals surface area contributed by atoms with Gasteiger partial charge in [-0.25, -0.2) is 4.79 Å². The van der Waals surface area contributed by atoms with Crippen LogP contribution in [0.5, 0.6) is 0 Å². The van der Waals surface area contributed by atoms with E-state index in [2.05, 4.69) is 5.32 Å². The molecule has 1 N–H and O–H groups in total. The maximum atomic E-state index is 13.3. The summed E-state index contributed by atoms with van der Waals surface area (Å²) in [5.74, 6) is -2.21. The molecular formula is C25H24F3N3O4. The molecule has 0 aromatic heterocycles. The van der Waals surface area contributed by atoms with Crippen LogP contribution in [0, 0.1) is 11.3 Å². The van der Waals surface area contributed by atoms with Gasteiger partial charge in [0.25, 0.3) is 0 Å². The van der Waals surface area contributed by atoms with Gasteiger partial charge >= 0.3 is 12.1 Å². The molecule has 0 fully saturated rings. The van der Waals surface area contributed by atoms with Gasteiger partial charge in [-0.1, -0.05) is 18.2 Å². The van der Waals surface area contributed by atoms with Gasteiger partial charge in [0.15, 0.2) is 0 Å². The molecule has 1 aliphatic heterocycles. The Kier molecular flexibility index (Phi) is 7.79. The summed E-state index contributed by atoms with van der Waals surface area (Å²) in [5.41, 5.74) is 0.609. The zero-order valence-corrected chi connectivity index (χ0v) is 19.2. The van der Waals surface area contributed by atoms with Crippen LogP contribution in [0.1, 0.15) is 50.2 Å². The predicted octanol–water partition coefficient (Wildman–Crippen LogP) is 3.99. The third-order valence-corrected chi connectivity index (χ3v) is 5.78. The molecule has 35 heavy (non-hydrogen) atoms. The normalized spacial score (nSPS) is 18.5. The second-order valence-electron chi connectivity index (χ2n) is 8.17. The quantitative estimate of drug-likeness (QED) is 0.483. The Labute approximate surface area is 200 Å². The molecule has 0 radical (unpaired) electrons. The SMILES string of the molecule is CC(=O)NCCOC(=O)C1=C(C)N(C2=CCCC(C(F)(F)F)=C2)C(=O)CC1c1ccc(C#N)cc1. The van der Waals surface area contributed by atoms with Gasteiger partial charge in [0, 0.05) is 36.2 Å². The number of rotatable bonds is 6. The van der Waals surface area contributed by atoms with Crippen LogP contribution in [0.15, 0.2) is 59.0 Å². The lowest BCUT2D eigenvalue weighted by Crippen LogP contribution is -2.38. The average molecular weight is 487 g/mol. The highest BCUT2D eigenvalue weighted by Crippen LogP contribution is 2.41. The summed E-state index contributed by atoms with van der Waals surface area (Å²) in [5, 5.41) is 11.6. The summed E-state index contributed by atoms with van der Waals surface area (Å²) in [7, 11) is 0. The number of nitrogens with one attached hydrogen (secondary N) is 1. The summed E-state index contributed by atoms with van der Waals surface area (Å²) < 4.78 is 45.3. The number of allylic oxidation sites excluding steroid dienone is 4. The number of carbonyl (C=O) groups excluding carboxylic acids is 3. The number of hydrogen-bond donors (Lipinski definition) is 1. The zero-order chi connectivity index (χ0) is 25.8. The van der Waals surface area contributed by atoms with E-state index in [1.165, 1.54) is 13.8 Å². The molecule has 10 heteroatoms. The number of carbonyl (C=O) groups is 3. The van der Waals surface area contributed by atoms with Crippen LogP contribution in [0.25, 0.3) is 0 Å². The summed E-state index contributed by atoms with van der Waals surface area (Å²) in [4.78, 5) is 38.5. The molecule has 0 saturated carbocycles. The standard InChI is InChI=1S/C25H24F3N3O4/c1-15-23(24(34)35-11-10-30-16(2)32)21(18-8-6-17(14-29)7-9-18)13-22(33)31(15)20-5-3-4-19(12-20)25(26,27)28/h5-9,12,21H,3-4,10-11,13H2,1-2H3,(H,30,32). The van der Waals surface area contributed by atoms with Crippen LogP contribution < -0.4 is 5.32 Å². The minimum Gasteiger partial charge on any atom is -0.460 e. The molecule has 0 saturated heterocycles. The molecule has 2 amide bonds. The first-order valence-electron chi connectivity index (χ1n) is 11.0. The second-order valence-corrected chi connectivity index (χ2v) is 8.17. The monoisotopic (exact) mass is 487 g/mol. The molecule has 184 valence electrons. The third kappa shape index (κ3) is 5.98. The second kappa shape index (κ2) is 10.6. The first-order valence-corrected chi connectivity index (χ1v) is 11.0. The number of nitriles is 1. The molecule has 0 spiro atoms.